The van der Waals surface area contributed by atoms with E-state index in [1.54, 1.807) is 30.0 Å². The van der Waals surface area contributed by atoms with Crippen LogP contribution >= 0.6 is 0 Å². The Hall–Kier alpha value is -3.26. The molecule has 0 aliphatic carbocycles. The molecule has 0 bridgehead atoms. The fourth-order valence-electron chi connectivity index (χ4n) is 2.79. The molecule has 2 N–H and O–H groups in total. The molecule has 140 valence electrons. The second-order valence-corrected chi connectivity index (χ2v) is 6.07. The Bertz CT molecular complexity index is 873. The van der Waals surface area contributed by atoms with E-state index in [9.17, 15) is 14.4 Å². The van der Waals surface area contributed by atoms with Gasteiger partial charge in [-0.25, -0.2) is 9.78 Å². The van der Waals surface area contributed by atoms with Gasteiger partial charge >= 0.3 is 5.97 Å². The summed E-state index contributed by atoms with van der Waals surface area (Å²) in [7, 11) is 0. The number of hydrogen-bond acceptors (Lipinski definition) is 5. The van der Waals surface area contributed by atoms with Crippen LogP contribution in [-0.2, 0) is 4.74 Å². The third-order valence-electron chi connectivity index (χ3n) is 4.36. The fourth-order valence-corrected chi connectivity index (χ4v) is 2.79. The van der Waals surface area contributed by atoms with Gasteiger partial charge in [0.15, 0.2) is 0 Å². The van der Waals surface area contributed by atoms with E-state index in [-0.39, 0.29) is 17.2 Å². The molecule has 8 heteroatoms. The maximum absolute atomic E-state index is 12.7. The van der Waals surface area contributed by atoms with E-state index in [0.29, 0.717) is 43.1 Å². The zero-order valence-corrected chi connectivity index (χ0v) is 14.8. The highest BCUT2D eigenvalue weighted by molar-refractivity contribution is 6.06. The van der Waals surface area contributed by atoms with Gasteiger partial charge in [0.1, 0.15) is 5.69 Å². The molecule has 2 amide bonds. The zero-order valence-electron chi connectivity index (χ0n) is 14.8. The lowest BCUT2D eigenvalue weighted by molar-refractivity contribution is 0.0302. The molecule has 0 unspecified atom stereocenters. The number of ether oxygens (including phenoxy) is 1. The molecule has 1 fully saturated rings. The predicted octanol–water partition coefficient (Wildman–Crippen LogP) is 1.81. The normalized spacial score (nSPS) is 13.9. The Morgan fingerprint density at radius 2 is 1.89 bits per heavy atom. The maximum Gasteiger partial charge on any atom is 0.354 e. The minimum absolute atomic E-state index is 0.0978. The summed E-state index contributed by atoms with van der Waals surface area (Å²) in [5.41, 5.74) is 1.79. The number of carbonyl (C=O) groups excluding carboxylic acids is 2. The molecule has 0 radical (unpaired) electrons. The van der Waals surface area contributed by atoms with Gasteiger partial charge in [0.05, 0.1) is 18.8 Å². The van der Waals surface area contributed by atoms with Crippen molar-refractivity contribution < 1.29 is 24.2 Å². The van der Waals surface area contributed by atoms with Gasteiger partial charge in [-0.2, -0.15) is 0 Å². The molecule has 1 saturated heterocycles. The van der Waals surface area contributed by atoms with E-state index in [1.807, 2.05) is 0 Å². The van der Waals surface area contributed by atoms with Crippen molar-refractivity contribution >= 4 is 23.5 Å². The van der Waals surface area contributed by atoms with Crippen LogP contribution < -0.4 is 5.32 Å². The lowest BCUT2D eigenvalue weighted by Crippen LogP contribution is -2.41. The average Bonchev–Trinajstić information content (AvgIpc) is 2.69. The van der Waals surface area contributed by atoms with Crippen molar-refractivity contribution in [1.82, 2.24) is 9.88 Å². The van der Waals surface area contributed by atoms with Gasteiger partial charge < -0.3 is 20.1 Å². The van der Waals surface area contributed by atoms with E-state index in [2.05, 4.69) is 10.3 Å². The van der Waals surface area contributed by atoms with E-state index >= 15 is 0 Å². The Kier molecular flexibility index (Phi) is 5.46. The highest BCUT2D eigenvalue weighted by Gasteiger charge is 2.21. The number of aromatic carboxylic acids is 1. The number of benzene rings is 1. The van der Waals surface area contributed by atoms with Gasteiger partial charge in [-0.05, 0) is 36.8 Å². The first-order chi connectivity index (χ1) is 13.0. The number of pyridine rings is 1. The highest BCUT2D eigenvalue weighted by Crippen LogP contribution is 2.21. The van der Waals surface area contributed by atoms with Crippen molar-refractivity contribution in [3.8, 4) is 0 Å². The van der Waals surface area contributed by atoms with Crippen molar-refractivity contribution in [1.29, 1.82) is 0 Å². The first-order valence-electron chi connectivity index (χ1n) is 8.44. The summed E-state index contributed by atoms with van der Waals surface area (Å²) in [6, 6.07) is 7.81. The summed E-state index contributed by atoms with van der Waals surface area (Å²) in [6.45, 7) is 3.88. The molecule has 2 aromatic rings. The van der Waals surface area contributed by atoms with Crippen LogP contribution in [0, 0.1) is 6.92 Å². The van der Waals surface area contributed by atoms with Gasteiger partial charge in [0, 0.05) is 30.5 Å². The quantitative estimate of drug-likeness (QED) is 0.851. The molecule has 0 spiro atoms. The van der Waals surface area contributed by atoms with Gasteiger partial charge in [-0.1, -0.05) is 6.07 Å². The Balaban J connectivity index is 1.77. The second kappa shape index (κ2) is 7.96. The Morgan fingerprint density at radius 3 is 2.52 bits per heavy atom. The third kappa shape index (κ3) is 4.12. The molecule has 1 aliphatic heterocycles. The van der Waals surface area contributed by atoms with Crippen LogP contribution in [0.4, 0.5) is 5.69 Å². The number of rotatable bonds is 4. The summed E-state index contributed by atoms with van der Waals surface area (Å²) >= 11 is 0. The van der Waals surface area contributed by atoms with Crippen LogP contribution in [0.1, 0.15) is 36.8 Å². The fraction of sp³-hybridized carbons (Fsp3) is 0.263. The van der Waals surface area contributed by atoms with Crippen molar-refractivity contribution in [3.05, 3.63) is 58.9 Å². The summed E-state index contributed by atoms with van der Waals surface area (Å²) in [6.07, 6.45) is 1.21. The minimum atomic E-state index is -1.16. The molecule has 2 heterocycles. The molecule has 8 nitrogen and oxygen atoms in total. The number of nitrogens with zero attached hydrogens (tertiary/aromatic N) is 2. The molecule has 1 aromatic carbocycles. The number of amides is 2. The zero-order chi connectivity index (χ0) is 19.4. The number of carboxylic acids is 1. The SMILES string of the molecule is Cc1c(NC(=O)c2ccc(C(=O)O)nc2)cccc1C(=O)N1CCOCC1. The standard InChI is InChI=1S/C19H19N3O5/c1-12-14(18(24)22-7-9-27-10-8-22)3-2-4-15(12)21-17(23)13-5-6-16(19(25)26)20-11-13/h2-6,11H,7-10H2,1H3,(H,21,23)(H,25,26). The minimum Gasteiger partial charge on any atom is -0.477 e. The molecule has 27 heavy (non-hydrogen) atoms. The topological polar surface area (TPSA) is 109 Å². The van der Waals surface area contributed by atoms with Gasteiger partial charge in [0.25, 0.3) is 11.8 Å². The molecular weight excluding hydrogens is 350 g/mol. The Morgan fingerprint density at radius 1 is 1.15 bits per heavy atom. The lowest BCUT2D eigenvalue weighted by Gasteiger charge is -2.27. The monoisotopic (exact) mass is 369 g/mol. The van der Waals surface area contributed by atoms with Crippen LogP contribution in [0.2, 0.25) is 0 Å². The number of anilines is 1. The first-order valence-corrected chi connectivity index (χ1v) is 8.44. The first kappa shape index (κ1) is 18.5. The second-order valence-electron chi connectivity index (χ2n) is 6.07. The predicted molar refractivity (Wildman–Crippen MR) is 97.1 cm³/mol. The summed E-state index contributed by atoms with van der Waals surface area (Å²) in [5.74, 6) is -1.69. The number of aromatic nitrogens is 1. The molecule has 0 atom stereocenters. The number of carboxylic acid groups (broad SMARTS) is 1. The number of morpholine rings is 1. The van der Waals surface area contributed by atoms with E-state index in [0.717, 1.165) is 0 Å². The smallest absolute Gasteiger partial charge is 0.354 e. The number of carbonyl (C=O) groups is 3. The Labute approximate surface area is 155 Å². The van der Waals surface area contributed by atoms with E-state index in [4.69, 9.17) is 9.84 Å². The van der Waals surface area contributed by atoms with Crippen LogP contribution in [-0.4, -0.2) is 59.1 Å². The molecule has 3 rings (SSSR count). The van der Waals surface area contributed by atoms with Crippen molar-refractivity contribution in [3.63, 3.8) is 0 Å². The maximum atomic E-state index is 12.7. The van der Waals surface area contributed by atoms with Crippen molar-refractivity contribution in [2.45, 2.75) is 6.92 Å². The summed E-state index contributed by atoms with van der Waals surface area (Å²) < 4.78 is 5.27. The van der Waals surface area contributed by atoms with Crippen LogP contribution in [0.25, 0.3) is 0 Å². The van der Waals surface area contributed by atoms with E-state index in [1.165, 1.54) is 18.3 Å². The molecule has 0 saturated carbocycles. The van der Waals surface area contributed by atoms with E-state index < -0.39 is 11.9 Å². The number of nitrogens with one attached hydrogen (secondary N) is 1. The largest absolute Gasteiger partial charge is 0.477 e. The van der Waals surface area contributed by atoms with Gasteiger partial charge in [-0.3, -0.25) is 9.59 Å². The van der Waals surface area contributed by atoms with Crippen molar-refractivity contribution in [2.24, 2.45) is 0 Å². The summed E-state index contributed by atoms with van der Waals surface area (Å²) in [5, 5.41) is 11.6. The van der Waals surface area contributed by atoms with Crippen LogP contribution in [0.15, 0.2) is 36.5 Å². The number of hydrogen-bond donors (Lipinski definition) is 2. The lowest BCUT2D eigenvalue weighted by atomic mass is 10.0. The molecule has 1 aliphatic rings. The van der Waals surface area contributed by atoms with Crippen molar-refractivity contribution in [2.75, 3.05) is 31.6 Å². The average molecular weight is 369 g/mol. The van der Waals surface area contributed by atoms with Crippen LogP contribution in [0.5, 0.6) is 0 Å². The van der Waals surface area contributed by atoms with Gasteiger partial charge in [0.2, 0.25) is 0 Å². The third-order valence-corrected chi connectivity index (χ3v) is 4.36. The molecule has 1 aromatic heterocycles. The summed E-state index contributed by atoms with van der Waals surface area (Å²) in [4.78, 5) is 41.5. The molecular formula is C19H19N3O5. The van der Waals surface area contributed by atoms with Crippen LogP contribution in [0.3, 0.4) is 0 Å². The highest BCUT2D eigenvalue weighted by atomic mass is 16.5. The van der Waals surface area contributed by atoms with Gasteiger partial charge in [-0.15, -0.1) is 0 Å².